The van der Waals surface area contributed by atoms with Gasteiger partial charge in [0.25, 0.3) is 0 Å². The van der Waals surface area contributed by atoms with E-state index >= 15 is 0 Å². The smallest absolute Gasteiger partial charge is 0.0502 e. The van der Waals surface area contributed by atoms with Crippen LogP contribution in [0.5, 0.6) is 0 Å². The maximum Gasteiger partial charge on any atom is 0.0502 e. The lowest BCUT2D eigenvalue weighted by atomic mass is 9.87. The molecule has 1 heterocycles. The van der Waals surface area contributed by atoms with E-state index in [0.717, 1.165) is 6.54 Å². The first-order valence-corrected chi connectivity index (χ1v) is 6.45. The van der Waals surface area contributed by atoms with Crippen molar-refractivity contribution in [3.05, 3.63) is 23.8 Å². The second kappa shape index (κ2) is 3.75. The maximum absolute atomic E-state index is 2.36. The van der Waals surface area contributed by atoms with E-state index in [0.29, 0.717) is 0 Å². The molecule has 0 spiro atoms. The normalized spacial score (nSPS) is 16.4. The quantitative estimate of drug-likeness (QED) is 0.659. The number of rotatable bonds is 0. The average molecular weight is 221 g/mol. The Morgan fingerprint density at radius 3 is 2.67 bits per heavy atom. The van der Waals surface area contributed by atoms with Crippen molar-refractivity contribution in [2.45, 2.75) is 31.1 Å². The summed E-state index contributed by atoms with van der Waals surface area (Å²) in [5.41, 5.74) is 3.08. The Kier molecular flexibility index (Phi) is 2.72. The first kappa shape index (κ1) is 10.9. The minimum Gasteiger partial charge on any atom is -0.373 e. The largest absolute Gasteiger partial charge is 0.373 e. The highest BCUT2D eigenvalue weighted by Gasteiger charge is 2.19. The highest BCUT2D eigenvalue weighted by molar-refractivity contribution is 7.99. The van der Waals surface area contributed by atoms with Crippen LogP contribution in [0.3, 0.4) is 0 Å². The molecule has 0 saturated heterocycles. The summed E-state index contributed by atoms with van der Waals surface area (Å²) in [5.74, 6) is 1.21. The van der Waals surface area contributed by atoms with Gasteiger partial charge in [0, 0.05) is 24.2 Å². The summed E-state index contributed by atoms with van der Waals surface area (Å²) < 4.78 is 0. The molecule has 2 heteroatoms. The summed E-state index contributed by atoms with van der Waals surface area (Å²) in [6, 6.07) is 6.89. The second-order valence-electron chi connectivity index (χ2n) is 5.20. The summed E-state index contributed by atoms with van der Waals surface area (Å²) in [6.07, 6.45) is 0. The molecule has 0 amide bonds. The molecule has 0 atom stereocenters. The molecule has 0 fully saturated rings. The van der Waals surface area contributed by atoms with Gasteiger partial charge in [0.15, 0.2) is 0 Å². The summed E-state index contributed by atoms with van der Waals surface area (Å²) in [7, 11) is 2.18. The van der Waals surface area contributed by atoms with Gasteiger partial charge >= 0.3 is 0 Å². The van der Waals surface area contributed by atoms with Gasteiger partial charge in [-0.05, 0) is 23.1 Å². The highest BCUT2D eigenvalue weighted by atomic mass is 32.2. The molecule has 82 valence electrons. The highest BCUT2D eigenvalue weighted by Crippen LogP contribution is 2.37. The molecule has 0 N–H and O–H groups in total. The molecule has 0 aromatic heterocycles. The van der Waals surface area contributed by atoms with Crippen LogP contribution in [0.2, 0.25) is 0 Å². The molecule has 0 saturated carbocycles. The predicted octanol–water partition coefficient (Wildman–Crippen LogP) is 3.53. The zero-order valence-electron chi connectivity index (χ0n) is 10.0. The van der Waals surface area contributed by atoms with Crippen molar-refractivity contribution in [2.24, 2.45) is 0 Å². The van der Waals surface area contributed by atoms with Crippen LogP contribution in [0.15, 0.2) is 23.1 Å². The number of thioether (sulfide) groups is 1. The van der Waals surface area contributed by atoms with Crippen LogP contribution in [0.4, 0.5) is 5.69 Å². The second-order valence-corrected chi connectivity index (χ2v) is 6.34. The summed E-state index contributed by atoms with van der Waals surface area (Å²) in [5, 5.41) is 0. The predicted molar refractivity (Wildman–Crippen MR) is 69.1 cm³/mol. The lowest BCUT2D eigenvalue weighted by molar-refractivity contribution is 0.588. The number of hydrogen-bond donors (Lipinski definition) is 0. The SMILES string of the molecule is CN1CCSc2cc(C(C)(C)C)ccc21. The molecular formula is C13H19NS. The average Bonchev–Trinajstić information content (AvgIpc) is 2.16. The van der Waals surface area contributed by atoms with Crippen molar-refractivity contribution in [1.82, 2.24) is 0 Å². The maximum atomic E-state index is 2.36. The van der Waals surface area contributed by atoms with Gasteiger partial charge in [-0.15, -0.1) is 11.8 Å². The Balaban J connectivity index is 2.42. The van der Waals surface area contributed by atoms with E-state index < -0.39 is 0 Å². The summed E-state index contributed by atoms with van der Waals surface area (Å²) in [6.45, 7) is 7.97. The molecule has 0 radical (unpaired) electrons. The van der Waals surface area contributed by atoms with Gasteiger partial charge in [-0.2, -0.15) is 0 Å². The molecule has 0 unspecified atom stereocenters. The molecule has 15 heavy (non-hydrogen) atoms. The Hall–Kier alpha value is -0.630. The van der Waals surface area contributed by atoms with Crippen molar-refractivity contribution < 1.29 is 0 Å². The van der Waals surface area contributed by atoms with E-state index in [-0.39, 0.29) is 5.41 Å². The molecule has 0 aliphatic carbocycles. The Morgan fingerprint density at radius 2 is 2.00 bits per heavy atom. The first-order valence-electron chi connectivity index (χ1n) is 5.47. The van der Waals surface area contributed by atoms with Crippen molar-refractivity contribution in [3.63, 3.8) is 0 Å². The molecule has 1 aliphatic rings. The van der Waals surface area contributed by atoms with E-state index in [1.807, 2.05) is 11.8 Å². The van der Waals surface area contributed by atoms with Gasteiger partial charge in [0.1, 0.15) is 0 Å². The van der Waals surface area contributed by atoms with E-state index in [2.05, 4.69) is 50.9 Å². The van der Waals surface area contributed by atoms with Crippen LogP contribution in [0, 0.1) is 0 Å². The Labute approximate surface area is 96.9 Å². The van der Waals surface area contributed by atoms with Crippen LogP contribution in [0.1, 0.15) is 26.3 Å². The minimum absolute atomic E-state index is 0.256. The van der Waals surface area contributed by atoms with Crippen LogP contribution >= 0.6 is 11.8 Å². The standard InChI is InChI=1S/C13H19NS/c1-13(2,3)10-5-6-11-12(9-10)15-8-7-14(11)4/h5-6,9H,7-8H2,1-4H3. The number of benzene rings is 1. The molecule has 0 bridgehead atoms. The summed E-state index contributed by atoms with van der Waals surface area (Å²) in [4.78, 5) is 3.79. The third-order valence-electron chi connectivity index (χ3n) is 2.92. The minimum atomic E-state index is 0.256. The van der Waals surface area contributed by atoms with Gasteiger partial charge in [-0.3, -0.25) is 0 Å². The zero-order chi connectivity index (χ0) is 11.1. The number of hydrogen-bond acceptors (Lipinski definition) is 2. The van der Waals surface area contributed by atoms with E-state index in [1.54, 1.807) is 0 Å². The van der Waals surface area contributed by atoms with Gasteiger partial charge in [0.05, 0.1) is 5.69 Å². The monoisotopic (exact) mass is 221 g/mol. The third kappa shape index (κ3) is 2.15. The van der Waals surface area contributed by atoms with Crippen molar-refractivity contribution in [3.8, 4) is 0 Å². The van der Waals surface area contributed by atoms with Gasteiger partial charge in [-0.25, -0.2) is 0 Å². The fourth-order valence-corrected chi connectivity index (χ4v) is 2.99. The lowest BCUT2D eigenvalue weighted by Crippen LogP contribution is -2.24. The van der Waals surface area contributed by atoms with E-state index in [1.165, 1.54) is 21.9 Å². The number of anilines is 1. The number of nitrogens with zero attached hydrogens (tertiary/aromatic N) is 1. The van der Waals surface area contributed by atoms with Gasteiger partial charge in [-0.1, -0.05) is 26.8 Å². The Morgan fingerprint density at radius 1 is 1.27 bits per heavy atom. The molecule has 1 aromatic carbocycles. The fraction of sp³-hybridized carbons (Fsp3) is 0.538. The molecular weight excluding hydrogens is 202 g/mol. The lowest BCUT2D eigenvalue weighted by Gasteiger charge is -2.29. The Bertz CT molecular complexity index is 365. The molecule has 1 aliphatic heterocycles. The van der Waals surface area contributed by atoms with Gasteiger partial charge in [0.2, 0.25) is 0 Å². The van der Waals surface area contributed by atoms with Crippen LogP contribution in [0.25, 0.3) is 0 Å². The van der Waals surface area contributed by atoms with Crippen molar-refractivity contribution >= 4 is 17.4 Å². The first-order chi connectivity index (χ1) is 6.98. The van der Waals surface area contributed by atoms with Gasteiger partial charge < -0.3 is 4.90 Å². The van der Waals surface area contributed by atoms with Crippen molar-refractivity contribution in [1.29, 1.82) is 0 Å². The summed E-state index contributed by atoms with van der Waals surface area (Å²) >= 11 is 1.98. The fourth-order valence-electron chi connectivity index (χ4n) is 1.82. The molecule has 1 aromatic rings. The molecule has 1 nitrogen and oxygen atoms in total. The van der Waals surface area contributed by atoms with E-state index in [9.17, 15) is 0 Å². The van der Waals surface area contributed by atoms with Crippen LogP contribution < -0.4 is 4.90 Å². The van der Waals surface area contributed by atoms with Crippen molar-refractivity contribution in [2.75, 3.05) is 24.2 Å². The number of fused-ring (bicyclic) bond motifs is 1. The van der Waals surface area contributed by atoms with E-state index in [4.69, 9.17) is 0 Å². The topological polar surface area (TPSA) is 3.24 Å². The molecule has 2 rings (SSSR count). The van der Waals surface area contributed by atoms with Crippen LogP contribution in [-0.2, 0) is 5.41 Å². The zero-order valence-corrected chi connectivity index (χ0v) is 10.8. The van der Waals surface area contributed by atoms with Crippen LogP contribution in [-0.4, -0.2) is 19.3 Å². The third-order valence-corrected chi connectivity index (χ3v) is 3.95.